The zero-order valence-corrected chi connectivity index (χ0v) is 15.4. The van der Waals surface area contributed by atoms with E-state index in [1.807, 2.05) is 0 Å². The maximum Gasteiger partial charge on any atom is 0.277 e. The number of hydrogen-bond acceptors (Lipinski definition) is 7. The van der Waals surface area contributed by atoms with Gasteiger partial charge < -0.3 is 19.4 Å². The molecule has 2 rings (SSSR count). The third kappa shape index (κ3) is 6.03. The summed E-state index contributed by atoms with van der Waals surface area (Å²) in [6, 6.07) is 5.57. The molecule has 0 saturated carbocycles. The van der Waals surface area contributed by atoms with Crippen molar-refractivity contribution in [3.63, 3.8) is 0 Å². The summed E-state index contributed by atoms with van der Waals surface area (Å²) in [5.74, 6) is -0.130. The Kier molecular flexibility index (Phi) is 6.96. The standard InChI is InChI=1S/C16H19FN4O4S/c1-10(24-12-6-4-11(17)5-7-12)15-19-20-16(25-15)26-9-13(22)18-8-14(23)21(2)3/h4-7,10H,8-9H2,1-3H3,(H,18,22)/t10-/m0/s1. The van der Waals surface area contributed by atoms with Gasteiger partial charge in [0.05, 0.1) is 12.3 Å². The van der Waals surface area contributed by atoms with Crippen LogP contribution < -0.4 is 10.1 Å². The van der Waals surface area contributed by atoms with Crippen molar-refractivity contribution < 1.29 is 23.1 Å². The largest absolute Gasteiger partial charge is 0.481 e. The smallest absolute Gasteiger partial charge is 0.277 e. The first kappa shape index (κ1) is 19.7. The van der Waals surface area contributed by atoms with Crippen LogP contribution in [-0.4, -0.2) is 53.3 Å². The van der Waals surface area contributed by atoms with Crippen LogP contribution in [0.5, 0.6) is 5.75 Å². The van der Waals surface area contributed by atoms with Crippen LogP contribution in [0.25, 0.3) is 0 Å². The number of carbonyl (C=O) groups is 2. The highest BCUT2D eigenvalue weighted by Crippen LogP contribution is 2.23. The highest BCUT2D eigenvalue weighted by molar-refractivity contribution is 7.99. The summed E-state index contributed by atoms with van der Waals surface area (Å²) in [7, 11) is 3.22. The van der Waals surface area contributed by atoms with Gasteiger partial charge in [-0.2, -0.15) is 0 Å². The molecule has 1 N–H and O–H groups in total. The normalized spacial score (nSPS) is 11.7. The second-order valence-electron chi connectivity index (χ2n) is 5.47. The first-order valence-electron chi connectivity index (χ1n) is 7.70. The molecule has 1 heterocycles. The molecule has 10 heteroatoms. The third-order valence-corrected chi connectivity index (χ3v) is 3.98. The Morgan fingerprint density at radius 3 is 2.65 bits per heavy atom. The SMILES string of the molecule is C[C@H](Oc1ccc(F)cc1)c1nnc(SCC(=O)NCC(=O)N(C)C)o1. The molecule has 2 aromatic rings. The van der Waals surface area contributed by atoms with Gasteiger partial charge in [0, 0.05) is 14.1 Å². The molecule has 140 valence electrons. The highest BCUT2D eigenvalue weighted by Gasteiger charge is 2.17. The van der Waals surface area contributed by atoms with Gasteiger partial charge in [0.1, 0.15) is 11.6 Å². The minimum absolute atomic E-state index is 0.0372. The van der Waals surface area contributed by atoms with Crippen LogP contribution in [-0.2, 0) is 9.59 Å². The molecule has 0 bridgehead atoms. The topological polar surface area (TPSA) is 97.6 Å². The van der Waals surface area contributed by atoms with Crippen LogP contribution in [0.2, 0.25) is 0 Å². The summed E-state index contributed by atoms with van der Waals surface area (Å²) in [6.07, 6.45) is -0.533. The third-order valence-electron chi connectivity index (χ3n) is 3.16. The Balaban J connectivity index is 1.80. The second kappa shape index (κ2) is 9.18. The van der Waals surface area contributed by atoms with E-state index in [-0.39, 0.29) is 41.0 Å². The maximum absolute atomic E-state index is 12.9. The second-order valence-corrected chi connectivity index (χ2v) is 6.40. The van der Waals surface area contributed by atoms with Crippen LogP contribution in [0.15, 0.2) is 33.9 Å². The van der Waals surface area contributed by atoms with Crippen LogP contribution in [0.1, 0.15) is 18.9 Å². The van der Waals surface area contributed by atoms with Crippen LogP contribution in [0.3, 0.4) is 0 Å². The molecule has 0 unspecified atom stereocenters. The van der Waals surface area contributed by atoms with Crippen molar-refractivity contribution in [1.29, 1.82) is 0 Å². The molecule has 1 atom stereocenters. The molecule has 0 aliphatic carbocycles. The molecule has 0 radical (unpaired) electrons. The van der Waals surface area contributed by atoms with Gasteiger partial charge in [0.2, 0.25) is 11.8 Å². The van der Waals surface area contributed by atoms with Gasteiger partial charge in [0.25, 0.3) is 11.1 Å². The first-order chi connectivity index (χ1) is 12.3. The van der Waals surface area contributed by atoms with E-state index in [4.69, 9.17) is 9.15 Å². The molecule has 1 aromatic carbocycles. The van der Waals surface area contributed by atoms with E-state index >= 15 is 0 Å². The number of thioether (sulfide) groups is 1. The number of halogens is 1. The molecular weight excluding hydrogens is 363 g/mol. The van der Waals surface area contributed by atoms with Gasteiger partial charge in [-0.25, -0.2) is 4.39 Å². The summed E-state index contributed by atoms with van der Waals surface area (Å²) >= 11 is 1.05. The number of nitrogens with one attached hydrogen (secondary N) is 1. The minimum atomic E-state index is -0.533. The number of likely N-dealkylation sites (N-methyl/N-ethyl adjacent to an activating group) is 1. The molecule has 2 amide bonds. The van der Waals surface area contributed by atoms with Crippen LogP contribution >= 0.6 is 11.8 Å². The van der Waals surface area contributed by atoms with E-state index < -0.39 is 6.10 Å². The predicted octanol–water partition coefficient (Wildman–Crippen LogP) is 1.65. The summed E-state index contributed by atoms with van der Waals surface area (Å²) in [5, 5.41) is 10.4. The van der Waals surface area contributed by atoms with E-state index in [9.17, 15) is 14.0 Å². The van der Waals surface area contributed by atoms with Crippen molar-refractivity contribution in [2.75, 3.05) is 26.4 Å². The van der Waals surface area contributed by atoms with Gasteiger partial charge in [0.15, 0.2) is 6.10 Å². The predicted molar refractivity (Wildman–Crippen MR) is 92.2 cm³/mol. The molecule has 1 aromatic heterocycles. The molecule has 0 aliphatic rings. The monoisotopic (exact) mass is 382 g/mol. The zero-order valence-electron chi connectivity index (χ0n) is 14.6. The molecule has 0 aliphatic heterocycles. The molecule has 0 spiro atoms. The van der Waals surface area contributed by atoms with Gasteiger partial charge >= 0.3 is 0 Å². The summed E-state index contributed by atoms with van der Waals surface area (Å²) in [5.41, 5.74) is 0. The Labute approximate surface area is 154 Å². The van der Waals surface area contributed by atoms with Crippen LogP contribution in [0.4, 0.5) is 4.39 Å². The summed E-state index contributed by atoms with van der Waals surface area (Å²) < 4.78 is 23.9. The van der Waals surface area contributed by atoms with Gasteiger partial charge in [-0.3, -0.25) is 9.59 Å². The van der Waals surface area contributed by atoms with Gasteiger partial charge in [-0.05, 0) is 31.2 Å². The lowest BCUT2D eigenvalue weighted by molar-refractivity contribution is -0.130. The number of rotatable bonds is 8. The molecular formula is C16H19FN4O4S. The Hall–Kier alpha value is -2.62. The van der Waals surface area contributed by atoms with E-state index in [0.717, 1.165) is 11.8 Å². The number of nitrogens with zero attached hydrogens (tertiary/aromatic N) is 3. The molecule has 8 nitrogen and oxygen atoms in total. The lowest BCUT2D eigenvalue weighted by Crippen LogP contribution is -2.36. The van der Waals surface area contributed by atoms with Crippen molar-refractivity contribution in [1.82, 2.24) is 20.4 Å². The lowest BCUT2D eigenvalue weighted by atomic mass is 10.3. The Morgan fingerprint density at radius 1 is 1.31 bits per heavy atom. The number of hydrogen-bond donors (Lipinski definition) is 1. The highest BCUT2D eigenvalue weighted by atomic mass is 32.2. The van der Waals surface area contributed by atoms with E-state index in [1.165, 1.54) is 29.2 Å². The molecule has 0 saturated heterocycles. The first-order valence-corrected chi connectivity index (χ1v) is 8.69. The van der Waals surface area contributed by atoms with Crippen molar-refractivity contribution in [2.45, 2.75) is 18.3 Å². The Morgan fingerprint density at radius 2 is 2.00 bits per heavy atom. The average molecular weight is 382 g/mol. The number of amides is 2. The van der Waals surface area contributed by atoms with E-state index in [1.54, 1.807) is 21.0 Å². The number of ether oxygens (including phenoxy) is 1. The number of aromatic nitrogens is 2. The molecule has 26 heavy (non-hydrogen) atoms. The van der Waals surface area contributed by atoms with Gasteiger partial charge in [-0.15, -0.1) is 10.2 Å². The summed E-state index contributed by atoms with van der Waals surface area (Å²) in [6.45, 7) is 1.65. The van der Waals surface area contributed by atoms with E-state index in [0.29, 0.717) is 5.75 Å². The van der Waals surface area contributed by atoms with Crippen molar-refractivity contribution in [2.24, 2.45) is 0 Å². The number of benzene rings is 1. The fraction of sp³-hybridized carbons (Fsp3) is 0.375. The van der Waals surface area contributed by atoms with Gasteiger partial charge in [-0.1, -0.05) is 11.8 Å². The minimum Gasteiger partial charge on any atom is -0.481 e. The van der Waals surface area contributed by atoms with Crippen LogP contribution in [0, 0.1) is 5.82 Å². The maximum atomic E-state index is 12.9. The fourth-order valence-corrected chi connectivity index (χ4v) is 2.32. The Bertz CT molecular complexity index is 751. The number of carbonyl (C=O) groups excluding carboxylic acids is 2. The van der Waals surface area contributed by atoms with E-state index in [2.05, 4.69) is 15.5 Å². The quantitative estimate of drug-likeness (QED) is 0.693. The fourth-order valence-electron chi connectivity index (χ4n) is 1.72. The molecule has 0 fully saturated rings. The van der Waals surface area contributed by atoms with Crippen molar-refractivity contribution in [3.8, 4) is 5.75 Å². The van der Waals surface area contributed by atoms with Crippen molar-refractivity contribution in [3.05, 3.63) is 36.0 Å². The summed E-state index contributed by atoms with van der Waals surface area (Å²) in [4.78, 5) is 24.5. The average Bonchev–Trinajstić information content (AvgIpc) is 3.09. The van der Waals surface area contributed by atoms with Crippen molar-refractivity contribution >= 4 is 23.6 Å². The lowest BCUT2D eigenvalue weighted by Gasteiger charge is -2.10. The zero-order chi connectivity index (χ0) is 19.1.